The number of aromatic nitrogens is 1. The number of hydrogen-bond donors (Lipinski definition) is 1. The van der Waals surface area contributed by atoms with Crippen LogP contribution in [-0.4, -0.2) is 25.1 Å². The van der Waals surface area contributed by atoms with Gasteiger partial charge in [0.15, 0.2) is 9.84 Å². The smallest absolute Gasteiger partial charge is 0.348 e. The first-order chi connectivity index (χ1) is 17.4. The van der Waals surface area contributed by atoms with Gasteiger partial charge in [0.25, 0.3) is 11.5 Å². The largest absolute Gasteiger partial charge is 0.416 e. The molecule has 0 aliphatic carbocycles. The molecular weight excluding hydrogens is 525 g/mol. The van der Waals surface area contributed by atoms with E-state index in [9.17, 15) is 31.2 Å². The summed E-state index contributed by atoms with van der Waals surface area (Å²) in [6.45, 7) is 1.62. The number of benzene rings is 2. The molecule has 2 aromatic heterocycles. The minimum absolute atomic E-state index is 0.00748. The number of thiophene rings is 1. The number of hydrogen-bond acceptors (Lipinski definition) is 5. The second kappa shape index (κ2) is 9.98. The van der Waals surface area contributed by atoms with Crippen molar-refractivity contribution in [3.05, 3.63) is 104 Å². The summed E-state index contributed by atoms with van der Waals surface area (Å²) in [7, 11) is -3.37. The zero-order chi connectivity index (χ0) is 27.0. The summed E-state index contributed by atoms with van der Waals surface area (Å²) in [6.07, 6.45) is -3.52. The Morgan fingerprint density at radius 3 is 2.35 bits per heavy atom. The third-order valence-electron chi connectivity index (χ3n) is 5.76. The molecule has 6 nitrogen and oxygen atoms in total. The third kappa shape index (κ3) is 5.67. The fourth-order valence-electron chi connectivity index (χ4n) is 3.84. The summed E-state index contributed by atoms with van der Waals surface area (Å²) < 4.78 is 64.5. The molecule has 0 unspecified atom stereocenters. The van der Waals surface area contributed by atoms with Crippen molar-refractivity contribution >= 4 is 27.1 Å². The molecule has 0 aliphatic heterocycles. The van der Waals surface area contributed by atoms with E-state index in [1.165, 1.54) is 41.7 Å². The Bertz CT molecular complexity index is 1620. The van der Waals surface area contributed by atoms with Crippen LogP contribution in [-0.2, 0) is 22.6 Å². The van der Waals surface area contributed by atoms with Gasteiger partial charge in [-0.25, -0.2) is 8.42 Å². The number of amides is 1. The van der Waals surface area contributed by atoms with Crippen molar-refractivity contribution in [2.45, 2.75) is 24.5 Å². The summed E-state index contributed by atoms with van der Waals surface area (Å²) in [4.78, 5) is 26.7. The van der Waals surface area contributed by atoms with E-state index in [-0.39, 0.29) is 22.7 Å². The molecule has 0 fully saturated rings. The predicted octanol–water partition coefficient (Wildman–Crippen LogP) is 5.23. The third-order valence-corrected chi connectivity index (χ3v) is 7.57. The van der Waals surface area contributed by atoms with Crippen molar-refractivity contribution in [3.8, 4) is 16.8 Å². The van der Waals surface area contributed by atoms with E-state index in [1.54, 1.807) is 25.1 Å². The molecule has 2 heterocycles. The van der Waals surface area contributed by atoms with Gasteiger partial charge < -0.3 is 5.32 Å². The molecule has 0 radical (unpaired) electrons. The van der Waals surface area contributed by atoms with Gasteiger partial charge in [0.2, 0.25) is 0 Å². The van der Waals surface area contributed by atoms with Crippen LogP contribution in [0.5, 0.6) is 0 Å². The quantitative estimate of drug-likeness (QED) is 0.359. The molecule has 0 aliphatic rings. The molecule has 37 heavy (non-hydrogen) atoms. The topological polar surface area (TPSA) is 85.2 Å². The van der Waals surface area contributed by atoms with Crippen LogP contribution in [0.15, 0.2) is 81.1 Å². The summed E-state index contributed by atoms with van der Waals surface area (Å²) in [5, 5.41) is 6.27. The highest BCUT2D eigenvalue weighted by molar-refractivity contribution is 7.90. The molecule has 4 aromatic rings. The highest BCUT2D eigenvalue weighted by Gasteiger charge is 2.31. The molecule has 4 rings (SSSR count). The molecule has 0 saturated carbocycles. The Balaban J connectivity index is 1.75. The number of nitrogens with one attached hydrogen (secondary N) is 1. The Labute approximate surface area is 214 Å². The van der Waals surface area contributed by atoms with Gasteiger partial charge in [0, 0.05) is 29.7 Å². The SMILES string of the molecule is Cc1c(-c2ccsc2)cc(C(=O)NCc2ccc(S(C)(=O)=O)cc2)c(=O)n1-c1cccc(C(F)(F)F)c1. The number of sulfone groups is 1. The molecule has 0 atom stereocenters. The minimum atomic E-state index is -4.61. The number of nitrogens with zero attached hydrogens (tertiary/aromatic N) is 1. The number of carbonyl (C=O) groups is 1. The van der Waals surface area contributed by atoms with Crippen LogP contribution in [0, 0.1) is 6.92 Å². The maximum absolute atomic E-state index is 13.4. The Kier molecular flexibility index (Phi) is 7.11. The van der Waals surface area contributed by atoms with Crippen molar-refractivity contribution in [2.75, 3.05) is 6.26 Å². The van der Waals surface area contributed by atoms with Crippen molar-refractivity contribution in [3.63, 3.8) is 0 Å². The molecule has 1 amide bonds. The lowest BCUT2D eigenvalue weighted by molar-refractivity contribution is -0.137. The second-order valence-electron chi connectivity index (χ2n) is 8.36. The number of carbonyl (C=O) groups excluding carboxylic acids is 1. The van der Waals surface area contributed by atoms with Crippen LogP contribution in [0.1, 0.15) is 27.2 Å². The lowest BCUT2D eigenvalue weighted by atomic mass is 10.0. The average Bonchev–Trinajstić information content (AvgIpc) is 3.37. The zero-order valence-electron chi connectivity index (χ0n) is 19.7. The lowest BCUT2D eigenvalue weighted by Gasteiger charge is -2.17. The Morgan fingerprint density at radius 2 is 1.76 bits per heavy atom. The van der Waals surface area contributed by atoms with Crippen molar-refractivity contribution in [1.29, 1.82) is 0 Å². The van der Waals surface area contributed by atoms with E-state index >= 15 is 0 Å². The first-order valence-corrected chi connectivity index (χ1v) is 13.7. The second-order valence-corrected chi connectivity index (χ2v) is 11.2. The predicted molar refractivity (Wildman–Crippen MR) is 136 cm³/mol. The van der Waals surface area contributed by atoms with Crippen LogP contribution in [0.25, 0.3) is 16.8 Å². The maximum atomic E-state index is 13.4. The summed E-state index contributed by atoms with van der Waals surface area (Å²) >= 11 is 1.40. The summed E-state index contributed by atoms with van der Waals surface area (Å²) in [6, 6.07) is 13.5. The van der Waals surface area contributed by atoms with Crippen molar-refractivity contribution in [1.82, 2.24) is 9.88 Å². The Morgan fingerprint density at radius 1 is 1.05 bits per heavy atom. The van der Waals surface area contributed by atoms with Crippen LogP contribution in [0.2, 0.25) is 0 Å². The van der Waals surface area contributed by atoms with Gasteiger partial charge >= 0.3 is 6.18 Å². The first kappa shape index (κ1) is 26.4. The van der Waals surface area contributed by atoms with Crippen LogP contribution in [0.3, 0.4) is 0 Å². The monoisotopic (exact) mass is 546 g/mol. The normalized spacial score (nSPS) is 11.9. The van der Waals surface area contributed by atoms with Gasteiger partial charge in [-0.1, -0.05) is 18.2 Å². The number of pyridine rings is 1. The van der Waals surface area contributed by atoms with Gasteiger partial charge in [-0.05, 0) is 71.3 Å². The maximum Gasteiger partial charge on any atom is 0.416 e. The molecule has 11 heteroatoms. The lowest BCUT2D eigenvalue weighted by Crippen LogP contribution is -2.33. The van der Waals surface area contributed by atoms with Crippen molar-refractivity contribution in [2.24, 2.45) is 0 Å². The average molecular weight is 547 g/mol. The fraction of sp³-hybridized carbons (Fsp3) is 0.154. The molecule has 2 aromatic carbocycles. The number of rotatable bonds is 6. The van der Waals surface area contributed by atoms with E-state index < -0.39 is 33.0 Å². The van der Waals surface area contributed by atoms with E-state index in [4.69, 9.17) is 0 Å². The van der Waals surface area contributed by atoms with Gasteiger partial charge in [0.1, 0.15) is 5.56 Å². The standard InChI is InChI=1S/C26H21F3N2O4S2/c1-16-22(18-10-11-36-15-18)13-23(24(32)30-14-17-6-8-21(9-7-17)37(2,34)35)25(33)31(16)20-5-3-4-19(12-20)26(27,28)29/h3-13,15H,14H2,1-2H3,(H,30,32). The molecule has 0 saturated heterocycles. The van der Waals surface area contributed by atoms with Gasteiger partial charge in [0.05, 0.1) is 10.5 Å². The van der Waals surface area contributed by atoms with E-state index in [0.29, 0.717) is 22.4 Å². The molecule has 0 spiro atoms. The summed E-state index contributed by atoms with van der Waals surface area (Å²) in [5.41, 5.74) is 0.299. The first-order valence-electron chi connectivity index (χ1n) is 10.9. The van der Waals surface area contributed by atoms with E-state index in [2.05, 4.69) is 5.32 Å². The van der Waals surface area contributed by atoms with Gasteiger partial charge in [-0.2, -0.15) is 24.5 Å². The van der Waals surface area contributed by atoms with Gasteiger partial charge in [-0.15, -0.1) is 0 Å². The van der Waals surface area contributed by atoms with Crippen LogP contribution in [0.4, 0.5) is 13.2 Å². The molecule has 1 N–H and O–H groups in total. The molecular formula is C26H21F3N2O4S2. The molecule has 0 bridgehead atoms. The fourth-order valence-corrected chi connectivity index (χ4v) is 5.13. The molecule has 192 valence electrons. The summed E-state index contributed by atoms with van der Waals surface area (Å²) in [5.74, 6) is -0.714. The minimum Gasteiger partial charge on any atom is -0.348 e. The number of alkyl halides is 3. The van der Waals surface area contributed by atoms with E-state index in [1.807, 2.05) is 10.8 Å². The van der Waals surface area contributed by atoms with Crippen molar-refractivity contribution < 1.29 is 26.4 Å². The van der Waals surface area contributed by atoms with Crippen LogP contribution >= 0.6 is 11.3 Å². The van der Waals surface area contributed by atoms with Gasteiger partial charge in [-0.3, -0.25) is 14.2 Å². The van der Waals surface area contributed by atoms with Crippen LogP contribution < -0.4 is 10.9 Å². The Hall–Kier alpha value is -3.70. The highest BCUT2D eigenvalue weighted by Crippen LogP contribution is 2.32. The zero-order valence-corrected chi connectivity index (χ0v) is 21.3. The highest BCUT2D eigenvalue weighted by atomic mass is 32.2. The number of halogens is 3. The van der Waals surface area contributed by atoms with E-state index in [0.717, 1.165) is 23.0 Å².